The number of anilines is 1. The van der Waals surface area contributed by atoms with Gasteiger partial charge in [-0.25, -0.2) is 4.79 Å². The number of esters is 1. The predicted octanol–water partition coefficient (Wildman–Crippen LogP) is 5.28. The van der Waals surface area contributed by atoms with Crippen LogP contribution in [0.25, 0.3) is 0 Å². The van der Waals surface area contributed by atoms with Gasteiger partial charge >= 0.3 is 12.1 Å². The van der Waals surface area contributed by atoms with Gasteiger partial charge in [0, 0.05) is 12.2 Å². The zero-order chi connectivity index (χ0) is 23.7. The van der Waals surface area contributed by atoms with Crippen molar-refractivity contribution in [2.75, 3.05) is 18.9 Å². The predicted molar refractivity (Wildman–Crippen MR) is 127 cm³/mol. The van der Waals surface area contributed by atoms with Gasteiger partial charge in [0.15, 0.2) is 0 Å². The van der Waals surface area contributed by atoms with Crippen LogP contribution in [0.4, 0.5) is 10.5 Å². The second-order valence-corrected chi connectivity index (χ2v) is 9.34. The maximum Gasteiger partial charge on any atom is 0.412 e. The van der Waals surface area contributed by atoms with E-state index in [1.165, 1.54) is 0 Å². The van der Waals surface area contributed by atoms with Crippen molar-refractivity contribution in [2.45, 2.75) is 59.3 Å². The molecule has 0 unspecified atom stereocenters. The van der Waals surface area contributed by atoms with Crippen molar-refractivity contribution in [3.63, 3.8) is 0 Å². The van der Waals surface area contributed by atoms with Crippen molar-refractivity contribution >= 4 is 17.7 Å². The van der Waals surface area contributed by atoms with Crippen molar-refractivity contribution < 1.29 is 19.1 Å². The Morgan fingerprint density at radius 3 is 2.16 bits per heavy atom. The molecule has 2 aromatic rings. The zero-order valence-corrected chi connectivity index (χ0v) is 20.1. The van der Waals surface area contributed by atoms with Crippen LogP contribution in [-0.4, -0.2) is 42.2 Å². The van der Waals surface area contributed by atoms with Crippen molar-refractivity contribution in [3.8, 4) is 0 Å². The lowest BCUT2D eigenvalue weighted by atomic mass is 10.0. The molecule has 0 bridgehead atoms. The van der Waals surface area contributed by atoms with E-state index in [4.69, 9.17) is 9.47 Å². The Balaban J connectivity index is 1.87. The first-order valence-electron chi connectivity index (χ1n) is 11.0. The maximum absolute atomic E-state index is 12.7. The van der Waals surface area contributed by atoms with Gasteiger partial charge in [0.2, 0.25) is 0 Å². The number of carbonyl (C=O) groups is 2. The third-order valence-electron chi connectivity index (χ3n) is 4.92. The van der Waals surface area contributed by atoms with Gasteiger partial charge in [-0.2, -0.15) is 0 Å². The summed E-state index contributed by atoms with van der Waals surface area (Å²) in [6.07, 6.45) is 0.303. The minimum absolute atomic E-state index is 0.128. The van der Waals surface area contributed by atoms with Crippen molar-refractivity contribution in [3.05, 3.63) is 65.7 Å². The van der Waals surface area contributed by atoms with Crippen LogP contribution in [0.3, 0.4) is 0 Å². The molecule has 1 atom stereocenters. The third kappa shape index (κ3) is 8.71. The molecule has 32 heavy (non-hydrogen) atoms. The van der Waals surface area contributed by atoms with Crippen molar-refractivity contribution in [1.29, 1.82) is 0 Å². The summed E-state index contributed by atoms with van der Waals surface area (Å²) in [4.78, 5) is 26.7. The lowest BCUT2D eigenvalue weighted by Gasteiger charge is -2.29. The summed E-state index contributed by atoms with van der Waals surface area (Å²) in [7, 11) is 1.95. The Labute approximate surface area is 191 Å². The molecule has 0 aliphatic heterocycles. The number of hydrogen-bond acceptors (Lipinski definition) is 5. The molecule has 2 aromatic carbocycles. The normalized spacial score (nSPS) is 12.5. The molecule has 0 aromatic heterocycles. The van der Waals surface area contributed by atoms with Gasteiger partial charge in [0.25, 0.3) is 0 Å². The van der Waals surface area contributed by atoms with Gasteiger partial charge in [-0.05, 0) is 63.4 Å². The lowest BCUT2D eigenvalue weighted by molar-refractivity contribution is -0.152. The smallest absolute Gasteiger partial charge is 0.412 e. The average Bonchev–Trinajstić information content (AvgIpc) is 2.71. The fraction of sp³-hybridized carbons (Fsp3) is 0.462. The number of likely N-dealkylation sites (N-methyl/N-ethyl adjacent to an activating group) is 1. The van der Waals surface area contributed by atoms with E-state index in [0.717, 1.165) is 17.5 Å². The van der Waals surface area contributed by atoms with Gasteiger partial charge in [-0.15, -0.1) is 0 Å². The average molecular weight is 441 g/mol. The minimum atomic E-state index is -0.538. The quantitative estimate of drug-likeness (QED) is 0.538. The summed E-state index contributed by atoms with van der Waals surface area (Å²) >= 11 is 0. The second kappa shape index (κ2) is 11.7. The van der Waals surface area contributed by atoms with E-state index in [2.05, 4.69) is 5.32 Å². The van der Waals surface area contributed by atoms with Crippen LogP contribution in [-0.2, 0) is 27.3 Å². The Morgan fingerprint density at radius 2 is 1.59 bits per heavy atom. The molecule has 0 saturated heterocycles. The standard InChI is InChI=1S/C26H36N2O4/c1-19(2)23(24(29)31-18-21-10-8-7-9-11-21)28(6)17-16-20-12-14-22(15-13-20)27-25(30)32-26(3,4)5/h7-15,19,23H,16-18H2,1-6H3,(H,27,30)/t23-/m0/s1. The number of ether oxygens (including phenoxy) is 2. The zero-order valence-electron chi connectivity index (χ0n) is 20.1. The van der Waals surface area contributed by atoms with Gasteiger partial charge in [0.1, 0.15) is 18.2 Å². The molecule has 0 radical (unpaired) electrons. The topological polar surface area (TPSA) is 67.9 Å². The first-order valence-corrected chi connectivity index (χ1v) is 11.0. The van der Waals surface area contributed by atoms with E-state index in [1.807, 2.05) is 101 Å². The molecule has 1 N–H and O–H groups in total. The highest BCUT2D eigenvalue weighted by Gasteiger charge is 2.28. The maximum atomic E-state index is 12.7. The van der Waals surface area contributed by atoms with Gasteiger partial charge in [-0.3, -0.25) is 15.0 Å². The Kier molecular flexibility index (Phi) is 9.27. The van der Waals surface area contributed by atoms with Crippen LogP contribution in [0.15, 0.2) is 54.6 Å². The largest absolute Gasteiger partial charge is 0.460 e. The number of rotatable bonds is 9. The molecular formula is C26H36N2O4. The van der Waals surface area contributed by atoms with E-state index in [9.17, 15) is 9.59 Å². The summed E-state index contributed by atoms with van der Waals surface area (Å²) in [5.74, 6) is -0.0769. The monoisotopic (exact) mass is 440 g/mol. The van der Waals surface area contributed by atoms with Crippen LogP contribution < -0.4 is 5.32 Å². The van der Waals surface area contributed by atoms with E-state index in [-0.39, 0.29) is 24.5 Å². The first-order chi connectivity index (χ1) is 15.0. The molecule has 174 valence electrons. The summed E-state index contributed by atoms with van der Waals surface area (Å²) in [5, 5.41) is 2.73. The molecule has 6 nitrogen and oxygen atoms in total. The summed E-state index contributed by atoms with van der Waals surface area (Å²) in [6.45, 7) is 10.5. The Bertz CT molecular complexity index is 858. The summed E-state index contributed by atoms with van der Waals surface area (Å²) in [5.41, 5.74) is 2.24. The van der Waals surface area contributed by atoms with Crippen molar-refractivity contribution in [2.24, 2.45) is 5.92 Å². The number of hydrogen-bond donors (Lipinski definition) is 1. The van der Waals surface area contributed by atoms with Gasteiger partial charge < -0.3 is 9.47 Å². The molecule has 0 heterocycles. The van der Waals surface area contributed by atoms with Crippen molar-refractivity contribution in [1.82, 2.24) is 4.90 Å². The number of amides is 1. The molecule has 0 aliphatic rings. The number of nitrogens with zero attached hydrogens (tertiary/aromatic N) is 1. The molecular weight excluding hydrogens is 404 g/mol. The second-order valence-electron chi connectivity index (χ2n) is 9.34. The highest BCUT2D eigenvalue weighted by molar-refractivity contribution is 5.84. The Morgan fingerprint density at radius 1 is 0.969 bits per heavy atom. The molecule has 6 heteroatoms. The Hall–Kier alpha value is -2.86. The molecule has 0 saturated carbocycles. The molecule has 1 amide bonds. The van der Waals surface area contributed by atoms with Crippen LogP contribution in [0.1, 0.15) is 45.7 Å². The SMILES string of the molecule is CC(C)[C@@H](C(=O)OCc1ccccc1)N(C)CCc1ccc(NC(=O)OC(C)(C)C)cc1. The van der Waals surface area contributed by atoms with Crippen LogP contribution in [0.5, 0.6) is 0 Å². The van der Waals surface area contributed by atoms with Crippen LogP contribution >= 0.6 is 0 Å². The van der Waals surface area contributed by atoms with E-state index in [1.54, 1.807) is 0 Å². The van der Waals surface area contributed by atoms with Gasteiger partial charge in [0.05, 0.1) is 0 Å². The van der Waals surface area contributed by atoms with E-state index >= 15 is 0 Å². The highest BCUT2D eigenvalue weighted by atomic mass is 16.6. The third-order valence-corrected chi connectivity index (χ3v) is 4.92. The molecule has 0 aliphatic carbocycles. The number of nitrogens with one attached hydrogen (secondary N) is 1. The lowest BCUT2D eigenvalue weighted by Crippen LogP contribution is -2.44. The fourth-order valence-electron chi connectivity index (χ4n) is 3.40. The first kappa shape index (κ1) is 25.4. The molecule has 0 spiro atoms. The molecule has 0 fully saturated rings. The van der Waals surface area contributed by atoms with Crippen LogP contribution in [0, 0.1) is 5.92 Å². The fourth-order valence-corrected chi connectivity index (χ4v) is 3.40. The van der Waals surface area contributed by atoms with Gasteiger partial charge in [-0.1, -0.05) is 56.3 Å². The summed E-state index contributed by atoms with van der Waals surface area (Å²) < 4.78 is 10.8. The van der Waals surface area contributed by atoms with E-state index < -0.39 is 11.7 Å². The number of benzene rings is 2. The highest BCUT2D eigenvalue weighted by Crippen LogP contribution is 2.16. The van der Waals surface area contributed by atoms with Crippen LogP contribution in [0.2, 0.25) is 0 Å². The minimum Gasteiger partial charge on any atom is -0.460 e. The molecule has 2 rings (SSSR count). The number of carbonyl (C=O) groups excluding carboxylic acids is 2. The van der Waals surface area contributed by atoms with E-state index in [0.29, 0.717) is 12.2 Å². The summed E-state index contributed by atoms with van der Waals surface area (Å²) in [6, 6.07) is 17.0.